The van der Waals surface area contributed by atoms with Gasteiger partial charge in [-0.2, -0.15) is 11.3 Å². The van der Waals surface area contributed by atoms with Gasteiger partial charge in [-0.25, -0.2) is 0 Å². The zero-order valence-electron chi connectivity index (χ0n) is 6.61. The molecule has 68 valence electrons. The van der Waals surface area contributed by atoms with E-state index in [0.717, 1.165) is 14.9 Å². The molecule has 1 nitrogen and oxygen atoms in total. The Kier molecular flexibility index (Phi) is 2.83. The quantitative estimate of drug-likeness (QED) is 0.887. The summed E-state index contributed by atoms with van der Waals surface area (Å²) in [4.78, 5) is 0.985. The molecule has 2 rings (SSSR count). The second-order valence-electron chi connectivity index (χ2n) is 2.59. The fourth-order valence-electron chi connectivity index (χ4n) is 1.09. The van der Waals surface area contributed by atoms with Gasteiger partial charge < -0.3 is 5.11 Å². The molecule has 2 aromatic heterocycles. The third kappa shape index (κ3) is 1.86. The van der Waals surface area contributed by atoms with Gasteiger partial charge in [-0.15, -0.1) is 11.3 Å². The van der Waals surface area contributed by atoms with Gasteiger partial charge in [0.1, 0.15) is 6.10 Å². The van der Waals surface area contributed by atoms with Gasteiger partial charge in [-0.05, 0) is 32.8 Å². The van der Waals surface area contributed by atoms with Gasteiger partial charge in [-0.1, -0.05) is 6.07 Å². The van der Waals surface area contributed by atoms with Crippen LogP contribution in [0.1, 0.15) is 16.5 Å². The predicted molar refractivity (Wildman–Crippen MR) is 60.4 cm³/mol. The van der Waals surface area contributed by atoms with E-state index in [-0.39, 0.29) is 0 Å². The molecule has 1 atom stereocenters. The summed E-state index contributed by atoms with van der Waals surface area (Å²) in [5.41, 5.74) is 0.951. The van der Waals surface area contributed by atoms with E-state index in [1.165, 1.54) is 0 Å². The van der Waals surface area contributed by atoms with Gasteiger partial charge in [0.05, 0.1) is 0 Å². The first kappa shape index (κ1) is 9.40. The largest absolute Gasteiger partial charge is 0.383 e. The van der Waals surface area contributed by atoms with Crippen molar-refractivity contribution in [3.63, 3.8) is 0 Å². The maximum atomic E-state index is 9.94. The van der Waals surface area contributed by atoms with E-state index >= 15 is 0 Å². The van der Waals surface area contributed by atoms with Crippen molar-refractivity contribution in [2.75, 3.05) is 0 Å². The monoisotopic (exact) mass is 274 g/mol. The number of hydrogen-bond donors (Lipinski definition) is 1. The molecule has 1 unspecified atom stereocenters. The zero-order chi connectivity index (χ0) is 9.26. The van der Waals surface area contributed by atoms with Crippen molar-refractivity contribution >= 4 is 38.6 Å². The molecule has 13 heavy (non-hydrogen) atoms. The minimum Gasteiger partial charge on any atom is -0.383 e. The maximum Gasteiger partial charge on any atom is 0.115 e. The van der Waals surface area contributed by atoms with E-state index < -0.39 is 6.10 Å². The third-order valence-corrected chi connectivity index (χ3v) is 4.43. The molecule has 0 bridgehead atoms. The standard InChI is InChI=1S/C9H7BrOS2/c10-7-5-12-4-6(7)9(11)8-2-1-3-13-8/h1-5,9,11H. The Morgan fingerprint density at radius 3 is 2.77 bits per heavy atom. The molecular formula is C9H7BrOS2. The van der Waals surface area contributed by atoms with Gasteiger partial charge in [-0.3, -0.25) is 0 Å². The maximum absolute atomic E-state index is 9.94. The van der Waals surface area contributed by atoms with E-state index in [0.29, 0.717) is 0 Å². The molecule has 0 saturated carbocycles. The second-order valence-corrected chi connectivity index (χ2v) is 5.17. The van der Waals surface area contributed by atoms with Crippen LogP contribution < -0.4 is 0 Å². The summed E-state index contributed by atoms with van der Waals surface area (Å²) >= 11 is 6.57. The Morgan fingerprint density at radius 2 is 2.23 bits per heavy atom. The third-order valence-electron chi connectivity index (χ3n) is 1.75. The molecule has 0 amide bonds. The highest BCUT2D eigenvalue weighted by molar-refractivity contribution is 9.10. The van der Waals surface area contributed by atoms with Crippen LogP contribution in [0, 0.1) is 0 Å². The highest BCUT2D eigenvalue weighted by Crippen LogP contribution is 2.33. The molecule has 0 saturated heterocycles. The van der Waals surface area contributed by atoms with Crippen molar-refractivity contribution in [2.24, 2.45) is 0 Å². The molecular weight excluding hydrogens is 268 g/mol. The topological polar surface area (TPSA) is 20.2 Å². The lowest BCUT2D eigenvalue weighted by Crippen LogP contribution is -1.95. The molecule has 0 aliphatic carbocycles. The molecule has 0 radical (unpaired) electrons. The van der Waals surface area contributed by atoms with Crippen molar-refractivity contribution in [3.05, 3.63) is 43.2 Å². The van der Waals surface area contributed by atoms with Gasteiger partial charge in [0, 0.05) is 20.3 Å². The molecule has 0 aliphatic heterocycles. The summed E-state index contributed by atoms with van der Waals surface area (Å²) in [5.74, 6) is 0. The smallest absolute Gasteiger partial charge is 0.115 e. The van der Waals surface area contributed by atoms with Crippen molar-refractivity contribution in [2.45, 2.75) is 6.10 Å². The van der Waals surface area contributed by atoms with Gasteiger partial charge >= 0.3 is 0 Å². The number of hydrogen-bond acceptors (Lipinski definition) is 3. The molecule has 1 N–H and O–H groups in total. The Balaban J connectivity index is 2.33. The predicted octanol–water partition coefficient (Wildman–Crippen LogP) is 3.65. The SMILES string of the molecule is OC(c1cccs1)c1cscc1Br. The first-order chi connectivity index (χ1) is 6.29. The van der Waals surface area contributed by atoms with E-state index in [1.54, 1.807) is 22.7 Å². The fourth-order valence-corrected chi connectivity index (χ4v) is 3.35. The zero-order valence-corrected chi connectivity index (χ0v) is 9.82. The second kappa shape index (κ2) is 3.92. The van der Waals surface area contributed by atoms with Crippen molar-refractivity contribution in [1.29, 1.82) is 0 Å². The summed E-state index contributed by atoms with van der Waals surface area (Å²) in [6.45, 7) is 0. The summed E-state index contributed by atoms with van der Waals surface area (Å²) in [5, 5.41) is 15.9. The van der Waals surface area contributed by atoms with E-state index in [2.05, 4.69) is 15.9 Å². The molecule has 0 aliphatic rings. The number of aliphatic hydroxyl groups excluding tert-OH is 1. The minimum atomic E-state index is -0.486. The Labute approximate surface area is 92.8 Å². The molecule has 0 spiro atoms. The number of aliphatic hydroxyl groups is 1. The van der Waals surface area contributed by atoms with Crippen LogP contribution in [-0.4, -0.2) is 5.11 Å². The van der Waals surface area contributed by atoms with Gasteiger partial charge in [0.15, 0.2) is 0 Å². The highest BCUT2D eigenvalue weighted by Gasteiger charge is 2.14. The first-order valence-electron chi connectivity index (χ1n) is 3.72. The van der Waals surface area contributed by atoms with Crippen LogP contribution in [0.3, 0.4) is 0 Å². The summed E-state index contributed by atoms with van der Waals surface area (Å²) in [7, 11) is 0. The van der Waals surface area contributed by atoms with Crippen LogP contribution in [0.15, 0.2) is 32.7 Å². The fraction of sp³-hybridized carbons (Fsp3) is 0.111. The highest BCUT2D eigenvalue weighted by atomic mass is 79.9. The first-order valence-corrected chi connectivity index (χ1v) is 6.33. The lowest BCUT2D eigenvalue weighted by Gasteiger charge is -2.06. The Morgan fingerprint density at radius 1 is 1.38 bits per heavy atom. The average Bonchev–Trinajstić information content (AvgIpc) is 2.72. The van der Waals surface area contributed by atoms with E-state index in [1.807, 2.05) is 28.3 Å². The molecule has 0 fully saturated rings. The van der Waals surface area contributed by atoms with E-state index in [4.69, 9.17) is 0 Å². The van der Waals surface area contributed by atoms with Gasteiger partial charge in [0.25, 0.3) is 0 Å². The van der Waals surface area contributed by atoms with Crippen molar-refractivity contribution < 1.29 is 5.11 Å². The minimum absolute atomic E-state index is 0.486. The van der Waals surface area contributed by atoms with Gasteiger partial charge in [0.2, 0.25) is 0 Å². The molecule has 2 aromatic rings. The Bertz CT molecular complexity index is 380. The van der Waals surface area contributed by atoms with Crippen LogP contribution >= 0.6 is 38.6 Å². The van der Waals surface area contributed by atoms with Crippen molar-refractivity contribution in [3.8, 4) is 0 Å². The van der Waals surface area contributed by atoms with Crippen LogP contribution in [0.25, 0.3) is 0 Å². The van der Waals surface area contributed by atoms with E-state index in [9.17, 15) is 5.11 Å². The summed E-state index contributed by atoms with van der Waals surface area (Å²) in [6.07, 6.45) is -0.486. The lowest BCUT2D eigenvalue weighted by atomic mass is 10.2. The summed E-state index contributed by atoms with van der Waals surface area (Å²) < 4.78 is 0.985. The lowest BCUT2D eigenvalue weighted by molar-refractivity contribution is 0.224. The Hall–Kier alpha value is -0.160. The molecule has 0 aromatic carbocycles. The molecule has 2 heterocycles. The van der Waals surface area contributed by atoms with Crippen LogP contribution in [0.4, 0.5) is 0 Å². The summed E-state index contributed by atoms with van der Waals surface area (Å²) in [6, 6.07) is 3.89. The van der Waals surface area contributed by atoms with Crippen LogP contribution in [0.2, 0.25) is 0 Å². The van der Waals surface area contributed by atoms with Crippen molar-refractivity contribution in [1.82, 2.24) is 0 Å². The molecule has 4 heteroatoms. The normalized spacial score (nSPS) is 13.1. The number of thiophene rings is 2. The van der Waals surface area contributed by atoms with Crippen LogP contribution in [-0.2, 0) is 0 Å². The average molecular weight is 275 g/mol. The number of rotatable bonds is 2. The number of halogens is 1. The van der Waals surface area contributed by atoms with Crippen LogP contribution in [0.5, 0.6) is 0 Å².